The number of methoxy groups -OCH3 is 2. The summed E-state index contributed by atoms with van der Waals surface area (Å²) in [5, 5.41) is 0. The summed E-state index contributed by atoms with van der Waals surface area (Å²) in [5.41, 5.74) is 1.81. The second kappa shape index (κ2) is 13.5. The van der Waals surface area contributed by atoms with E-state index in [9.17, 15) is 9.59 Å². The average molecular weight is 599 g/mol. The number of ether oxygens (including phenoxy) is 5. The molecule has 0 amide bonds. The number of carbonyl (C=O) groups is 2. The lowest BCUT2D eigenvalue weighted by atomic mass is 9.80. The molecule has 2 saturated carbocycles. The van der Waals surface area contributed by atoms with Crippen LogP contribution in [0.1, 0.15) is 68.1 Å². The van der Waals surface area contributed by atoms with Crippen LogP contribution in [0.4, 0.5) is 0 Å². The van der Waals surface area contributed by atoms with Crippen LogP contribution in [0, 0.1) is 11.8 Å². The van der Waals surface area contributed by atoms with Crippen LogP contribution in [0.2, 0.25) is 0 Å². The molecule has 2 unspecified atom stereocenters. The molecule has 1 saturated heterocycles. The summed E-state index contributed by atoms with van der Waals surface area (Å²) in [6.07, 6.45) is 5.76. The zero-order chi connectivity index (χ0) is 30.5. The Balaban J connectivity index is 1.23. The van der Waals surface area contributed by atoms with E-state index in [2.05, 4.69) is 12.1 Å². The number of benzene rings is 3. The summed E-state index contributed by atoms with van der Waals surface area (Å²) >= 11 is 0. The third kappa shape index (κ3) is 6.40. The van der Waals surface area contributed by atoms with E-state index in [-0.39, 0.29) is 49.1 Å². The van der Waals surface area contributed by atoms with E-state index >= 15 is 0 Å². The second-order valence-electron chi connectivity index (χ2n) is 12.2. The molecule has 44 heavy (non-hydrogen) atoms. The van der Waals surface area contributed by atoms with Crippen LogP contribution in [0.15, 0.2) is 78.9 Å². The van der Waals surface area contributed by atoms with E-state index in [1.54, 1.807) is 14.2 Å². The van der Waals surface area contributed by atoms with E-state index in [0.29, 0.717) is 0 Å². The molecule has 1 heterocycles. The number of rotatable bonds is 13. The maximum absolute atomic E-state index is 13.0. The molecular formula is C37H42O7. The van der Waals surface area contributed by atoms with Crippen molar-refractivity contribution in [1.82, 2.24) is 0 Å². The third-order valence-corrected chi connectivity index (χ3v) is 9.46. The number of ketones is 1. The molecule has 0 N–H and O–H groups in total. The first-order valence-electron chi connectivity index (χ1n) is 15.9. The highest BCUT2D eigenvalue weighted by Crippen LogP contribution is 2.49. The molecule has 7 heteroatoms. The number of esters is 1. The van der Waals surface area contributed by atoms with Gasteiger partial charge in [0.15, 0.2) is 0 Å². The van der Waals surface area contributed by atoms with Crippen molar-refractivity contribution in [2.45, 2.75) is 75.3 Å². The van der Waals surface area contributed by atoms with Gasteiger partial charge >= 0.3 is 5.97 Å². The van der Waals surface area contributed by atoms with Crippen LogP contribution in [-0.4, -0.2) is 50.9 Å². The summed E-state index contributed by atoms with van der Waals surface area (Å²) < 4.78 is 30.3. The molecule has 3 aliphatic rings. The van der Waals surface area contributed by atoms with Gasteiger partial charge in [0, 0.05) is 18.3 Å². The number of hydrogen-bond acceptors (Lipinski definition) is 7. The highest BCUT2D eigenvalue weighted by Gasteiger charge is 2.57. The Bertz CT molecular complexity index is 1350. The Morgan fingerprint density at radius 3 is 1.95 bits per heavy atom. The molecule has 7 nitrogen and oxygen atoms in total. The highest BCUT2D eigenvalue weighted by molar-refractivity contribution is 5.84. The molecule has 0 bridgehead atoms. The Morgan fingerprint density at radius 2 is 1.36 bits per heavy atom. The molecule has 1 aliphatic heterocycles. The summed E-state index contributed by atoms with van der Waals surface area (Å²) in [6.45, 7) is 0.207. The molecule has 0 aromatic heterocycles. The van der Waals surface area contributed by atoms with Gasteiger partial charge in [-0.05, 0) is 60.2 Å². The van der Waals surface area contributed by atoms with Gasteiger partial charge in [0.05, 0.1) is 33.4 Å². The van der Waals surface area contributed by atoms with Crippen LogP contribution in [0.25, 0.3) is 0 Å². The van der Waals surface area contributed by atoms with Gasteiger partial charge < -0.3 is 23.7 Å². The van der Waals surface area contributed by atoms with Gasteiger partial charge in [-0.15, -0.1) is 0 Å². The molecule has 3 fully saturated rings. The minimum absolute atomic E-state index is 0.0679. The Kier molecular flexibility index (Phi) is 9.33. The molecule has 0 spiro atoms. The highest BCUT2D eigenvalue weighted by atomic mass is 16.6. The predicted molar refractivity (Wildman–Crippen MR) is 166 cm³/mol. The van der Waals surface area contributed by atoms with Crippen molar-refractivity contribution in [1.29, 1.82) is 0 Å². The number of carbonyl (C=O) groups excluding carboxylic acids is 2. The molecule has 2 aliphatic carbocycles. The van der Waals surface area contributed by atoms with Crippen molar-refractivity contribution in [2.75, 3.05) is 20.8 Å². The van der Waals surface area contributed by atoms with Gasteiger partial charge in [-0.2, -0.15) is 0 Å². The maximum atomic E-state index is 13.0. The van der Waals surface area contributed by atoms with Crippen molar-refractivity contribution in [2.24, 2.45) is 11.8 Å². The fraction of sp³-hybridized carbons (Fsp3) is 0.459. The first kappa shape index (κ1) is 30.4. The fourth-order valence-corrected chi connectivity index (χ4v) is 6.91. The zero-order valence-electron chi connectivity index (χ0n) is 25.6. The molecule has 3 aromatic carbocycles. The zero-order valence-corrected chi connectivity index (χ0v) is 25.6. The molecule has 6 rings (SSSR count). The van der Waals surface area contributed by atoms with Gasteiger partial charge in [-0.3, -0.25) is 9.59 Å². The Labute approximate surface area is 259 Å². The predicted octanol–water partition coefficient (Wildman–Crippen LogP) is 6.64. The maximum Gasteiger partial charge on any atom is 0.306 e. The van der Waals surface area contributed by atoms with E-state index in [1.165, 1.54) is 6.42 Å². The van der Waals surface area contributed by atoms with Crippen molar-refractivity contribution in [3.63, 3.8) is 0 Å². The van der Waals surface area contributed by atoms with E-state index in [1.807, 2.05) is 66.7 Å². The van der Waals surface area contributed by atoms with Crippen LogP contribution >= 0.6 is 0 Å². The molecule has 3 aromatic rings. The largest absolute Gasteiger partial charge is 0.497 e. The van der Waals surface area contributed by atoms with Crippen molar-refractivity contribution in [3.8, 4) is 11.5 Å². The number of hydrogen-bond donors (Lipinski definition) is 0. The van der Waals surface area contributed by atoms with E-state index < -0.39 is 17.8 Å². The van der Waals surface area contributed by atoms with Gasteiger partial charge in [-0.25, -0.2) is 0 Å². The molecule has 4 atom stereocenters. The SMILES string of the molecule is COc1ccc(C(OC[C@H]2O[C@H]3CC3C2OC(=O)CCC(=O)C2CCCCC2)(c2ccccc2)c2ccc(OC)cc2)cc1. The van der Waals surface area contributed by atoms with E-state index in [0.717, 1.165) is 60.3 Å². The third-order valence-electron chi connectivity index (χ3n) is 9.46. The lowest BCUT2D eigenvalue weighted by Gasteiger charge is -2.37. The Hall–Kier alpha value is -3.68. The Morgan fingerprint density at radius 1 is 0.773 bits per heavy atom. The summed E-state index contributed by atoms with van der Waals surface area (Å²) in [6, 6.07) is 25.9. The first-order chi connectivity index (χ1) is 21.5. The minimum atomic E-state index is -0.989. The monoisotopic (exact) mass is 598 g/mol. The van der Waals surface area contributed by atoms with Crippen LogP contribution < -0.4 is 9.47 Å². The van der Waals surface area contributed by atoms with Gasteiger partial charge in [0.1, 0.15) is 35.1 Å². The lowest BCUT2D eigenvalue weighted by molar-refractivity contribution is -0.159. The smallest absolute Gasteiger partial charge is 0.306 e. The van der Waals surface area contributed by atoms with E-state index in [4.69, 9.17) is 23.7 Å². The summed E-state index contributed by atoms with van der Waals surface area (Å²) in [4.78, 5) is 25.7. The fourth-order valence-electron chi connectivity index (χ4n) is 6.91. The van der Waals surface area contributed by atoms with Gasteiger partial charge in [0.2, 0.25) is 0 Å². The quantitative estimate of drug-likeness (QED) is 0.161. The van der Waals surface area contributed by atoms with Crippen molar-refractivity contribution >= 4 is 11.8 Å². The standard InChI is InChI=1S/C37H42O7/c1-40-29-17-13-27(14-18-29)37(26-11-7-4-8-12-26,28-15-19-30(41-2)20-16-28)42-24-34-36(31-23-33(31)43-34)44-35(39)22-21-32(38)25-9-5-3-6-10-25/h4,7-8,11-20,25,31,33-34,36H,3,5-6,9-10,21-24H2,1-2H3/t31?,33-,34+,36?/m0/s1. The van der Waals surface area contributed by atoms with Gasteiger partial charge in [0.25, 0.3) is 0 Å². The number of fused-ring (bicyclic) bond motifs is 1. The minimum Gasteiger partial charge on any atom is -0.497 e. The normalized spacial score (nSPS) is 23.0. The van der Waals surface area contributed by atoms with Crippen LogP contribution in [-0.2, 0) is 29.4 Å². The first-order valence-corrected chi connectivity index (χ1v) is 15.9. The van der Waals surface area contributed by atoms with Crippen LogP contribution in [0.5, 0.6) is 11.5 Å². The topological polar surface area (TPSA) is 80.3 Å². The summed E-state index contributed by atoms with van der Waals surface area (Å²) in [5.74, 6) is 1.62. The van der Waals surface area contributed by atoms with Crippen LogP contribution in [0.3, 0.4) is 0 Å². The summed E-state index contributed by atoms with van der Waals surface area (Å²) in [7, 11) is 3.30. The van der Waals surface area contributed by atoms with Crippen molar-refractivity contribution in [3.05, 3.63) is 95.6 Å². The van der Waals surface area contributed by atoms with Gasteiger partial charge in [-0.1, -0.05) is 73.9 Å². The molecular weight excluding hydrogens is 556 g/mol. The number of Topliss-reactive ketones (excluding diaryl/α,β-unsaturated/α-hetero) is 1. The lowest BCUT2D eigenvalue weighted by Crippen LogP contribution is -2.40. The molecule has 232 valence electrons. The van der Waals surface area contributed by atoms with Crippen molar-refractivity contribution < 1.29 is 33.3 Å². The molecule has 0 radical (unpaired) electrons. The average Bonchev–Trinajstić information content (AvgIpc) is 3.78. The second-order valence-corrected chi connectivity index (χ2v) is 12.2.